The molecule has 0 aliphatic carbocycles. The molecule has 6 rings (SSSR count). The van der Waals surface area contributed by atoms with Crippen molar-refractivity contribution in [1.82, 2.24) is 30.7 Å². The number of nitrogen functional groups attached to an aromatic ring is 1. The molecule has 2 aliphatic rings. The van der Waals surface area contributed by atoms with E-state index >= 15 is 0 Å². The zero-order valence-electron chi connectivity index (χ0n) is 34.3. The van der Waals surface area contributed by atoms with Crippen LogP contribution in [0.2, 0.25) is 0 Å². The van der Waals surface area contributed by atoms with Crippen molar-refractivity contribution in [3.05, 3.63) is 71.4 Å². The first-order valence-electron chi connectivity index (χ1n) is 19.8. The van der Waals surface area contributed by atoms with Crippen molar-refractivity contribution in [2.75, 3.05) is 30.3 Å². The number of para-hydroxylation sites is 1. The molecule has 2 aromatic heterocycles. The molecule has 0 saturated carbocycles. The first kappa shape index (κ1) is 42.7. The van der Waals surface area contributed by atoms with Crippen molar-refractivity contribution in [3.63, 3.8) is 0 Å². The molecule has 2 aromatic carbocycles. The number of aromatic nitrogens is 3. The Balaban J connectivity index is 1.08. The quantitative estimate of drug-likeness (QED) is 0.127. The average molecular weight is 825 g/mol. The van der Waals surface area contributed by atoms with Gasteiger partial charge in [-0.15, -0.1) is 21.5 Å². The lowest BCUT2D eigenvalue weighted by atomic mass is 9.85. The summed E-state index contributed by atoms with van der Waals surface area (Å²) in [6, 6.07) is 14.9. The number of nitrogens with one attached hydrogen (secondary N) is 2. The minimum Gasteiger partial charge on any atom is -0.461 e. The van der Waals surface area contributed by atoms with Crippen molar-refractivity contribution in [2.45, 2.75) is 92.0 Å². The summed E-state index contributed by atoms with van der Waals surface area (Å²) < 4.78 is 10.9. The molecule has 312 valence electrons. The lowest BCUT2D eigenvalue weighted by Crippen LogP contribution is -2.58. The Hall–Kier alpha value is -5.90. The van der Waals surface area contributed by atoms with Gasteiger partial charge in [-0.05, 0) is 60.4 Å². The highest BCUT2D eigenvalue weighted by Crippen LogP contribution is 2.35. The predicted octanol–water partition coefficient (Wildman–Crippen LogP) is 5.07. The van der Waals surface area contributed by atoms with Crippen molar-refractivity contribution in [2.24, 2.45) is 11.3 Å². The van der Waals surface area contributed by atoms with E-state index < -0.39 is 41.4 Å². The second kappa shape index (κ2) is 18.4. The molecule has 0 radical (unpaired) electrons. The van der Waals surface area contributed by atoms with Crippen LogP contribution in [0.25, 0.3) is 21.7 Å². The van der Waals surface area contributed by atoms with E-state index in [9.17, 15) is 24.0 Å². The third-order valence-electron chi connectivity index (χ3n) is 10.7. The van der Waals surface area contributed by atoms with Crippen molar-refractivity contribution in [3.8, 4) is 27.4 Å². The number of hydrogen-bond acceptors (Lipinski definition) is 13. The van der Waals surface area contributed by atoms with Gasteiger partial charge in [-0.1, -0.05) is 57.2 Å². The molecule has 0 spiro atoms. The number of amides is 3. The minimum absolute atomic E-state index is 0.0321. The van der Waals surface area contributed by atoms with Crippen molar-refractivity contribution >= 4 is 52.5 Å². The number of carbonyl (C=O) groups excluding carboxylic acids is 5. The third-order valence-corrected chi connectivity index (χ3v) is 11.7. The lowest BCUT2D eigenvalue weighted by Gasteiger charge is -2.36. The number of hydrogen-bond donors (Lipinski definition) is 3. The monoisotopic (exact) mass is 824 g/mol. The molecule has 3 amide bonds. The van der Waals surface area contributed by atoms with E-state index in [1.54, 1.807) is 29.5 Å². The highest BCUT2D eigenvalue weighted by Gasteiger charge is 2.46. The highest BCUT2D eigenvalue weighted by atomic mass is 32.1. The standard InChI is InChI=1S/C43H52N8O7S/c1-25-38(59-24-46-25)30-13-11-29(12-14-30)22-45-41(55)35-20-31(57-26(2)52)23-51(35)42(56)39(43(4,5)6)47-37(54)19-28-15-17-50(18-16-28)34-21-33(48-49-40(34)44)32-9-7-8-10-36(32)58-27(3)53/h7-14,21,24,28,31,35,39H,15-20,22-23H2,1-6H3,(H2,44,49)(H,45,55)(H,47,54)/t31-,35+,39-/m1/s1. The van der Waals surface area contributed by atoms with Gasteiger partial charge in [-0.3, -0.25) is 24.0 Å². The second-order valence-electron chi connectivity index (χ2n) is 16.2. The number of benzene rings is 2. The number of piperidine rings is 1. The Labute approximate surface area is 348 Å². The van der Waals surface area contributed by atoms with Crippen molar-refractivity contribution in [1.29, 1.82) is 0 Å². The van der Waals surface area contributed by atoms with Gasteiger partial charge in [-0.2, -0.15) is 0 Å². The molecular formula is C43H52N8O7S. The number of rotatable bonds is 12. The molecule has 4 N–H and O–H groups in total. The fourth-order valence-corrected chi connectivity index (χ4v) is 8.45. The Kier molecular flexibility index (Phi) is 13.3. The van der Waals surface area contributed by atoms with Crippen LogP contribution >= 0.6 is 11.3 Å². The van der Waals surface area contributed by atoms with E-state index in [0.29, 0.717) is 48.6 Å². The van der Waals surface area contributed by atoms with Gasteiger partial charge in [0.05, 0.1) is 34.0 Å². The Morgan fingerprint density at radius 2 is 1.69 bits per heavy atom. The van der Waals surface area contributed by atoms with Crippen LogP contribution < -0.4 is 26.0 Å². The second-order valence-corrected chi connectivity index (χ2v) is 17.1. The molecule has 2 saturated heterocycles. The maximum absolute atomic E-state index is 14.4. The summed E-state index contributed by atoms with van der Waals surface area (Å²) in [5.74, 6) is -1.31. The van der Waals surface area contributed by atoms with E-state index in [1.807, 2.05) is 69.6 Å². The molecule has 3 atom stereocenters. The number of aryl methyl sites for hydroxylation is 1. The zero-order chi connectivity index (χ0) is 42.4. The van der Waals surface area contributed by atoms with Crippen LogP contribution in [0, 0.1) is 18.3 Å². The van der Waals surface area contributed by atoms with Crippen LogP contribution in [0.15, 0.2) is 60.1 Å². The van der Waals surface area contributed by atoms with Gasteiger partial charge in [0.25, 0.3) is 0 Å². The molecule has 0 unspecified atom stereocenters. The number of nitrogens with two attached hydrogens (primary N) is 1. The fraction of sp³-hybridized carbons (Fsp3) is 0.442. The third kappa shape index (κ3) is 10.6. The number of ether oxygens (including phenoxy) is 2. The number of thiazole rings is 1. The van der Waals surface area contributed by atoms with Crippen LogP contribution in [0.3, 0.4) is 0 Å². The first-order chi connectivity index (χ1) is 28.1. The van der Waals surface area contributed by atoms with Gasteiger partial charge in [0, 0.05) is 51.9 Å². The summed E-state index contributed by atoms with van der Waals surface area (Å²) in [6.45, 7) is 11.7. The van der Waals surface area contributed by atoms with E-state index in [-0.39, 0.29) is 49.5 Å². The van der Waals surface area contributed by atoms with Crippen LogP contribution in [0.5, 0.6) is 5.75 Å². The maximum atomic E-state index is 14.4. The normalized spacial score (nSPS) is 17.6. The molecular weight excluding hydrogens is 773 g/mol. The molecule has 2 aliphatic heterocycles. The van der Waals surface area contributed by atoms with Gasteiger partial charge in [-0.25, -0.2) is 4.98 Å². The van der Waals surface area contributed by atoms with Gasteiger partial charge in [0.15, 0.2) is 5.82 Å². The minimum atomic E-state index is -0.944. The molecule has 4 aromatic rings. The van der Waals surface area contributed by atoms with E-state index in [4.69, 9.17) is 15.2 Å². The van der Waals surface area contributed by atoms with Crippen molar-refractivity contribution < 1.29 is 33.4 Å². The lowest BCUT2D eigenvalue weighted by molar-refractivity contribution is -0.147. The Morgan fingerprint density at radius 3 is 2.34 bits per heavy atom. The number of likely N-dealkylation sites (tertiary alicyclic amines) is 1. The highest BCUT2D eigenvalue weighted by molar-refractivity contribution is 7.13. The van der Waals surface area contributed by atoms with Gasteiger partial charge in [0.1, 0.15) is 23.9 Å². The SMILES string of the molecule is CC(=O)Oc1ccccc1-c1cc(N2CCC(CC(=O)N[C@H](C(=O)N3C[C@H](OC(C)=O)C[C@H]3C(=O)NCc3ccc(-c4scnc4C)cc3)C(C)(C)C)CC2)c(N)nn1. The first-order valence-corrected chi connectivity index (χ1v) is 20.7. The van der Waals surface area contributed by atoms with Gasteiger partial charge >= 0.3 is 11.9 Å². The van der Waals surface area contributed by atoms with Crippen LogP contribution in [0.4, 0.5) is 11.5 Å². The topological polar surface area (TPSA) is 199 Å². The summed E-state index contributed by atoms with van der Waals surface area (Å²) in [7, 11) is 0. The summed E-state index contributed by atoms with van der Waals surface area (Å²) in [5, 5.41) is 14.4. The number of anilines is 2. The Bertz CT molecular complexity index is 2180. The number of nitrogens with zero attached hydrogens (tertiary/aromatic N) is 5. The fourth-order valence-electron chi connectivity index (χ4n) is 7.64. The molecule has 15 nitrogen and oxygen atoms in total. The summed E-state index contributed by atoms with van der Waals surface area (Å²) in [5.41, 5.74) is 12.1. The maximum Gasteiger partial charge on any atom is 0.308 e. The molecule has 2 fully saturated rings. The summed E-state index contributed by atoms with van der Waals surface area (Å²) in [6.07, 6.45) is 1.06. The van der Waals surface area contributed by atoms with Crippen LogP contribution in [-0.2, 0) is 35.3 Å². The largest absolute Gasteiger partial charge is 0.461 e. The molecule has 59 heavy (non-hydrogen) atoms. The Morgan fingerprint density at radius 1 is 0.983 bits per heavy atom. The molecule has 0 bridgehead atoms. The molecule has 4 heterocycles. The predicted molar refractivity (Wildman–Crippen MR) is 224 cm³/mol. The van der Waals surface area contributed by atoms with E-state index in [2.05, 4.69) is 30.7 Å². The summed E-state index contributed by atoms with van der Waals surface area (Å²) >= 11 is 1.57. The molecule has 16 heteroatoms. The van der Waals surface area contributed by atoms with Gasteiger partial charge in [0.2, 0.25) is 17.7 Å². The van der Waals surface area contributed by atoms with E-state index in [0.717, 1.165) is 21.7 Å². The van der Waals surface area contributed by atoms with Crippen LogP contribution in [-0.4, -0.2) is 87.6 Å². The van der Waals surface area contributed by atoms with E-state index in [1.165, 1.54) is 18.7 Å². The van der Waals surface area contributed by atoms with Gasteiger partial charge < -0.3 is 35.6 Å². The average Bonchev–Trinajstić information content (AvgIpc) is 3.82. The van der Waals surface area contributed by atoms with Crippen LogP contribution in [0.1, 0.15) is 71.6 Å². The zero-order valence-corrected chi connectivity index (χ0v) is 35.1. The number of esters is 2. The number of carbonyl (C=O) groups is 5. The summed E-state index contributed by atoms with van der Waals surface area (Å²) in [4.78, 5) is 74.4. The smallest absolute Gasteiger partial charge is 0.308 e.